The molecule has 1 unspecified atom stereocenters. The maximum atomic E-state index is 13.7. The zero-order valence-electron chi connectivity index (χ0n) is 21.9. The number of nitrogens with zero attached hydrogens (tertiary/aromatic N) is 5. The largest absolute Gasteiger partial charge is 0.384 e. The lowest BCUT2D eigenvalue weighted by Crippen LogP contribution is -2.72. The molecule has 0 bridgehead atoms. The molecule has 3 heterocycles. The molecule has 0 spiro atoms. The molecule has 0 aliphatic carbocycles. The van der Waals surface area contributed by atoms with E-state index in [0.717, 1.165) is 22.4 Å². The third kappa shape index (κ3) is 5.43. The summed E-state index contributed by atoms with van der Waals surface area (Å²) in [6, 6.07) is 9.95. The van der Waals surface area contributed by atoms with Crippen LogP contribution in [0.4, 0.5) is 16.3 Å². The lowest BCUT2D eigenvalue weighted by molar-refractivity contribution is -0.164. The van der Waals surface area contributed by atoms with Crippen LogP contribution in [0.2, 0.25) is 0 Å². The van der Waals surface area contributed by atoms with E-state index < -0.39 is 24.2 Å². The first kappa shape index (κ1) is 26.2. The molecule has 3 amide bonds. The van der Waals surface area contributed by atoms with Crippen molar-refractivity contribution in [2.24, 2.45) is 13.0 Å². The van der Waals surface area contributed by atoms with Crippen LogP contribution in [0.5, 0.6) is 0 Å². The number of rotatable bonds is 7. The van der Waals surface area contributed by atoms with Gasteiger partial charge in [0, 0.05) is 31.9 Å². The van der Waals surface area contributed by atoms with Crippen molar-refractivity contribution in [2.75, 3.05) is 17.7 Å². The molecule has 1 saturated heterocycles. The first-order valence-electron chi connectivity index (χ1n) is 12.4. The van der Waals surface area contributed by atoms with Crippen molar-refractivity contribution < 1.29 is 14.7 Å². The number of nitrogen functional groups attached to an aromatic ring is 1. The maximum absolute atomic E-state index is 13.7. The third-order valence-corrected chi connectivity index (χ3v) is 6.96. The summed E-state index contributed by atoms with van der Waals surface area (Å²) in [5, 5.41) is 18.3. The topological polar surface area (TPSA) is 130 Å². The summed E-state index contributed by atoms with van der Waals surface area (Å²) >= 11 is 0. The smallest absolute Gasteiger partial charge is 0.320 e. The highest BCUT2D eigenvalue weighted by Crippen LogP contribution is 2.36. The Bertz CT molecular complexity index is 1250. The van der Waals surface area contributed by atoms with Crippen molar-refractivity contribution in [1.29, 1.82) is 0 Å². The van der Waals surface area contributed by atoms with E-state index in [0.29, 0.717) is 24.3 Å². The number of carbonyl (C=O) groups is 2. The molecule has 1 aliphatic rings. The summed E-state index contributed by atoms with van der Waals surface area (Å²) in [5.41, 5.74) is 10.2. The van der Waals surface area contributed by atoms with Gasteiger partial charge in [0.25, 0.3) is 0 Å². The lowest BCUT2D eigenvalue weighted by atomic mass is 9.80. The SMILES string of the molecule is CC[C@@H](NC(=O)N1C(O)[C@H](Cc2cc(C)nc(N)c2)[C@H]1C(=O)N(C)c1cnn(C)c1)c1ccc(C)cc1. The monoisotopic (exact) mass is 505 g/mol. The van der Waals surface area contributed by atoms with Gasteiger partial charge in [-0.3, -0.25) is 14.4 Å². The number of hydrogen-bond donors (Lipinski definition) is 3. The maximum Gasteiger partial charge on any atom is 0.320 e. The van der Waals surface area contributed by atoms with Crippen molar-refractivity contribution >= 4 is 23.4 Å². The van der Waals surface area contributed by atoms with Gasteiger partial charge in [-0.2, -0.15) is 5.10 Å². The van der Waals surface area contributed by atoms with Crippen LogP contribution in [0.25, 0.3) is 0 Å². The van der Waals surface area contributed by atoms with Crippen LogP contribution < -0.4 is 16.0 Å². The van der Waals surface area contributed by atoms with E-state index in [4.69, 9.17) is 5.73 Å². The number of likely N-dealkylation sites (tertiary alicyclic amines) is 1. The minimum Gasteiger partial charge on any atom is -0.384 e. The number of likely N-dealkylation sites (N-methyl/N-ethyl adjacent to an activating group) is 1. The van der Waals surface area contributed by atoms with Gasteiger partial charge in [-0.15, -0.1) is 0 Å². The Morgan fingerprint density at radius 2 is 1.92 bits per heavy atom. The van der Waals surface area contributed by atoms with Gasteiger partial charge in [0.15, 0.2) is 0 Å². The average Bonchev–Trinajstić information content (AvgIpc) is 3.29. The molecular formula is C27H35N7O3. The summed E-state index contributed by atoms with van der Waals surface area (Å²) < 4.78 is 1.60. The van der Waals surface area contributed by atoms with Crippen LogP contribution in [0, 0.1) is 19.8 Å². The molecule has 10 nitrogen and oxygen atoms in total. The van der Waals surface area contributed by atoms with Crippen LogP contribution in [0.3, 0.4) is 0 Å². The van der Waals surface area contributed by atoms with Crippen LogP contribution in [0.1, 0.15) is 41.8 Å². The van der Waals surface area contributed by atoms with Gasteiger partial charge in [0.1, 0.15) is 18.1 Å². The highest BCUT2D eigenvalue weighted by atomic mass is 16.3. The second-order valence-corrected chi connectivity index (χ2v) is 9.77. The molecule has 1 aromatic carbocycles. The molecule has 0 radical (unpaired) electrons. The van der Waals surface area contributed by atoms with E-state index in [1.54, 1.807) is 37.2 Å². The number of benzene rings is 1. The number of hydrogen-bond acceptors (Lipinski definition) is 6. The van der Waals surface area contributed by atoms with Crippen LogP contribution in [-0.2, 0) is 18.3 Å². The molecule has 0 saturated carbocycles. The molecule has 1 aliphatic heterocycles. The van der Waals surface area contributed by atoms with Crippen molar-refractivity contribution in [3.8, 4) is 0 Å². The highest BCUT2D eigenvalue weighted by molar-refractivity contribution is 6.00. The first-order valence-corrected chi connectivity index (χ1v) is 12.4. The molecule has 196 valence electrons. The van der Waals surface area contributed by atoms with E-state index >= 15 is 0 Å². The molecule has 4 atom stereocenters. The number of aromatic nitrogens is 3. The van der Waals surface area contributed by atoms with Crippen LogP contribution >= 0.6 is 0 Å². The van der Waals surface area contributed by atoms with Crippen molar-refractivity contribution in [1.82, 2.24) is 25.0 Å². The number of aryl methyl sites for hydroxylation is 3. The van der Waals surface area contributed by atoms with Crippen molar-refractivity contribution in [3.05, 3.63) is 71.2 Å². The number of amides is 3. The predicted molar refractivity (Wildman–Crippen MR) is 142 cm³/mol. The number of aliphatic hydroxyl groups excluding tert-OH is 1. The molecule has 4 rings (SSSR count). The number of nitrogens with two attached hydrogens (primary N) is 1. The quantitative estimate of drug-likeness (QED) is 0.453. The molecule has 4 N–H and O–H groups in total. The average molecular weight is 506 g/mol. The molecular weight excluding hydrogens is 470 g/mol. The molecule has 3 aromatic rings. The van der Waals surface area contributed by atoms with Crippen molar-refractivity contribution in [3.63, 3.8) is 0 Å². The fourth-order valence-corrected chi connectivity index (χ4v) is 4.91. The van der Waals surface area contributed by atoms with Crippen molar-refractivity contribution in [2.45, 2.75) is 51.9 Å². The normalized spacial score (nSPS) is 19.7. The van der Waals surface area contributed by atoms with E-state index in [2.05, 4.69) is 15.4 Å². The van der Waals surface area contributed by atoms with Crippen LogP contribution in [0.15, 0.2) is 48.8 Å². The summed E-state index contributed by atoms with van der Waals surface area (Å²) in [7, 11) is 3.41. The number of anilines is 2. The van der Waals surface area contributed by atoms with Gasteiger partial charge >= 0.3 is 6.03 Å². The van der Waals surface area contributed by atoms with Gasteiger partial charge in [-0.25, -0.2) is 9.78 Å². The Balaban J connectivity index is 1.60. The summed E-state index contributed by atoms with van der Waals surface area (Å²) in [5.74, 6) is -0.448. The minimum absolute atomic E-state index is 0.256. The zero-order valence-corrected chi connectivity index (χ0v) is 21.9. The Labute approximate surface area is 217 Å². The first-order chi connectivity index (χ1) is 17.6. The van der Waals surface area contributed by atoms with E-state index in [1.165, 1.54) is 9.80 Å². The Morgan fingerprint density at radius 1 is 1.22 bits per heavy atom. The fourth-order valence-electron chi connectivity index (χ4n) is 4.91. The number of aliphatic hydroxyl groups is 1. The van der Waals surface area contributed by atoms with Gasteiger partial charge in [0.2, 0.25) is 5.91 Å². The fraction of sp³-hybridized carbons (Fsp3) is 0.407. The third-order valence-electron chi connectivity index (χ3n) is 6.96. The minimum atomic E-state index is -1.14. The zero-order chi connectivity index (χ0) is 26.9. The van der Waals surface area contributed by atoms with E-state index in [1.807, 2.05) is 51.1 Å². The lowest BCUT2D eigenvalue weighted by Gasteiger charge is -2.52. The molecule has 10 heteroatoms. The number of urea groups is 1. The van der Waals surface area contributed by atoms with Gasteiger partial charge < -0.3 is 21.1 Å². The Morgan fingerprint density at radius 3 is 2.51 bits per heavy atom. The second-order valence-electron chi connectivity index (χ2n) is 9.77. The number of pyridine rings is 1. The Kier molecular flexibility index (Phi) is 7.49. The van der Waals surface area contributed by atoms with Crippen LogP contribution in [-0.4, -0.2) is 56.0 Å². The molecule has 1 fully saturated rings. The van der Waals surface area contributed by atoms with E-state index in [-0.39, 0.29) is 11.9 Å². The molecule has 2 aromatic heterocycles. The van der Waals surface area contributed by atoms with E-state index in [9.17, 15) is 14.7 Å². The Hall–Kier alpha value is -3.92. The number of carbonyl (C=O) groups excluding carboxylic acids is 2. The molecule has 37 heavy (non-hydrogen) atoms. The predicted octanol–water partition coefficient (Wildman–Crippen LogP) is 2.70. The highest BCUT2D eigenvalue weighted by Gasteiger charge is 2.55. The van der Waals surface area contributed by atoms with Gasteiger partial charge in [0.05, 0.1) is 17.9 Å². The number of nitrogens with one attached hydrogen (secondary N) is 1. The summed E-state index contributed by atoms with van der Waals surface area (Å²) in [6.07, 6.45) is 3.20. The van der Waals surface area contributed by atoms with Gasteiger partial charge in [-0.05, 0) is 49.9 Å². The second kappa shape index (κ2) is 10.6. The van der Waals surface area contributed by atoms with Gasteiger partial charge in [-0.1, -0.05) is 36.8 Å². The summed E-state index contributed by atoms with van der Waals surface area (Å²) in [4.78, 5) is 34.1. The standard InChI is InChI=1S/C27H35N7O3/c1-6-22(19-9-7-16(2)8-10-19)31-27(37)34-24(26(36)33(5)20-14-29-32(4)15-20)21(25(34)35)12-18-11-17(3)30-23(28)13-18/h7-11,13-15,21-22,24-25,35H,6,12H2,1-5H3,(H2,28,30)(H,31,37)/t21-,22-,24+,25?/m1/s1. The summed E-state index contributed by atoms with van der Waals surface area (Å²) in [6.45, 7) is 5.83.